The summed E-state index contributed by atoms with van der Waals surface area (Å²) in [7, 11) is 0. The molecule has 0 radical (unpaired) electrons. The second kappa shape index (κ2) is 6.50. The van der Waals surface area contributed by atoms with E-state index in [1.54, 1.807) is 5.57 Å². The van der Waals surface area contributed by atoms with E-state index >= 15 is 0 Å². The Balaban J connectivity index is 1.66. The van der Waals surface area contributed by atoms with Gasteiger partial charge >= 0.3 is 0 Å². The molecule has 2 saturated heterocycles. The quantitative estimate of drug-likeness (QED) is 0.461. The van der Waals surface area contributed by atoms with Crippen LogP contribution in [0.25, 0.3) is 5.57 Å². The fraction of sp³-hybridized carbons (Fsp3) is 0.364. The molecule has 3 aliphatic heterocycles. The lowest BCUT2D eigenvalue weighted by molar-refractivity contribution is 0.133. The van der Waals surface area contributed by atoms with Gasteiger partial charge in [0.05, 0.1) is 0 Å². The van der Waals surface area contributed by atoms with Crippen molar-refractivity contribution in [3.8, 4) is 0 Å². The Morgan fingerprint density at radius 3 is 2.80 bits per heavy atom. The molecule has 2 fully saturated rings. The number of hydrogen-bond acceptors (Lipinski definition) is 2. The van der Waals surface area contributed by atoms with Crippen LogP contribution in [-0.2, 0) is 0 Å². The van der Waals surface area contributed by atoms with Crippen LogP contribution in [0.3, 0.4) is 0 Å². The molecule has 5 rings (SSSR count). The van der Waals surface area contributed by atoms with E-state index in [1.807, 2.05) is 17.8 Å². The zero-order chi connectivity index (χ0) is 16.8. The molecular weight excluding hydrogens is 346 g/mol. The number of hydrogen-bond donors (Lipinski definition) is 0. The highest BCUT2D eigenvalue weighted by Gasteiger charge is 2.31. The van der Waals surface area contributed by atoms with Gasteiger partial charge in [-0.05, 0) is 78.8 Å². The molecule has 0 saturated carbocycles. The predicted molar refractivity (Wildman–Crippen MR) is 106 cm³/mol. The fourth-order valence-corrected chi connectivity index (χ4v) is 5.90. The van der Waals surface area contributed by atoms with Crippen LogP contribution in [0.2, 0.25) is 5.02 Å². The standard InChI is InChI=1S/C22H22ClNS/c23-16-9-11-21-19(13-16)22(18-6-1-2-7-20(18)25-21)15-8-10-17-5-3-4-12-24(17)14-15/h1-2,6-7,9,11,13,17H,3-5,8,10,12,14H2. The summed E-state index contributed by atoms with van der Waals surface area (Å²) in [4.78, 5) is 5.44. The first kappa shape index (κ1) is 16.0. The first-order valence-corrected chi connectivity index (χ1v) is 10.5. The minimum Gasteiger partial charge on any atom is -0.296 e. The summed E-state index contributed by atoms with van der Waals surface area (Å²) in [5.41, 5.74) is 5.79. The highest BCUT2D eigenvalue weighted by Crippen LogP contribution is 2.48. The van der Waals surface area contributed by atoms with E-state index in [0.717, 1.165) is 17.6 Å². The number of halogens is 1. The van der Waals surface area contributed by atoms with Crippen molar-refractivity contribution in [1.82, 2.24) is 4.90 Å². The van der Waals surface area contributed by atoms with Gasteiger partial charge < -0.3 is 0 Å². The molecule has 25 heavy (non-hydrogen) atoms. The van der Waals surface area contributed by atoms with E-state index in [9.17, 15) is 0 Å². The third kappa shape index (κ3) is 2.85. The van der Waals surface area contributed by atoms with Crippen molar-refractivity contribution in [1.29, 1.82) is 0 Å². The van der Waals surface area contributed by atoms with Crippen LogP contribution in [0.15, 0.2) is 57.8 Å². The highest BCUT2D eigenvalue weighted by atomic mass is 35.5. The van der Waals surface area contributed by atoms with Crippen LogP contribution >= 0.6 is 23.4 Å². The third-order valence-corrected chi connectivity index (χ3v) is 7.25. The zero-order valence-corrected chi connectivity index (χ0v) is 15.9. The lowest BCUT2D eigenvalue weighted by Crippen LogP contribution is -2.43. The molecule has 0 amide bonds. The molecule has 3 heteroatoms. The van der Waals surface area contributed by atoms with Crippen LogP contribution in [-0.4, -0.2) is 24.0 Å². The van der Waals surface area contributed by atoms with Gasteiger partial charge in [0, 0.05) is 27.4 Å². The van der Waals surface area contributed by atoms with E-state index in [1.165, 1.54) is 65.1 Å². The molecule has 3 heterocycles. The maximum absolute atomic E-state index is 6.38. The lowest BCUT2D eigenvalue weighted by atomic mass is 9.84. The maximum atomic E-state index is 6.38. The summed E-state index contributed by atoms with van der Waals surface area (Å²) < 4.78 is 0. The topological polar surface area (TPSA) is 3.24 Å². The van der Waals surface area contributed by atoms with Gasteiger partial charge in [-0.25, -0.2) is 0 Å². The van der Waals surface area contributed by atoms with Gasteiger partial charge in [-0.3, -0.25) is 4.90 Å². The first-order chi connectivity index (χ1) is 12.3. The van der Waals surface area contributed by atoms with E-state index in [2.05, 4.69) is 41.3 Å². The average Bonchev–Trinajstić information content (AvgIpc) is 2.66. The predicted octanol–water partition coefficient (Wildman–Crippen LogP) is 6.25. The van der Waals surface area contributed by atoms with Crippen molar-refractivity contribution < 1.29 is 0 Å². The summed E-state index contributed by atoms with van der Waals surface area (Å²) in [6.07, 6.45) is 6.68. The smallest absolute Gasteiger partial charge is 0.0412 e. The first-order valence-electron chi connectivity index (χ1n) is 9.33. The normalized spacial score (nSPS) is 25.9. The number of benzene rings is 2. The SMILES string of the molecule is Clc1ccc2c(c1)C(=C1CCC3CCCCN3C1)c1ccccc1S2. The Labute approximate surface area is 159 Å². The van der Waals surface area contributed by atoms with Crippen LogP contribution in [0, 0.1) is 0 Å². The lowest BCUT2D eigenvalue weighted by Gasteiger charge is -2.41. The maximum Gasteiger partial charge on any atom is 0.0412 e. The number of nitrogens with zero attached hydrogens (tertiary/aromatic N) is 1. The molecule has 0 spiro atoms. The van der Waals surface area contributed by atoms with Gasteiger partial charge in [0.15, 0.2) is 0 Å². The summed E-state index contributed by atoms with van der Waals surface area (Å²) in [6.45, 7) is 2.39. The van der Waals surface area contributed by atoms with E-state index in [0.29, 0.717) is 0 Å². The highest BCUT2D eigenvalue weighted by molar-refractivity contribution is 7.99. The van der Waals surface area contributed by atoms with Crippen molar-refractivity contribution in [3.63, 3.8) is 0 Å². The van der Waals surface area contributed by atoms with Gasteiger partial charge in [-0.1, -0.05) is 48.0 Å². The third-order valence-electron chi connectivity index (χ3n) is 5.86. The Kier molecular flexibility index (Phi) is 4.16. The monoisotopic (exact) mass is 367 g/mol. The number of rotatable bonds is 0. The van der Waals surface area contributed by atoms with Crippen molar-refractivity contribution in [3.05, 3.63) is 64.2 Å². The molecule has 2 aromatic rings. The largest absolute Gasteiger partial charge is 0.296 e. The summed E-state index contributed by atoms with van der Waals surface area (Å²) in [6, 6.07) is 16.0. The number of fused-ring (bicyclic) bond motifs is 3. The van der Waals surface area contributed by atoms with Crippen molar-refractivity contribution in [2.45, 2.75) is 47.9 Å². The minimum atomic E-state index is 0.810. The molecular formula is C22H22ClNS. The van der Waals surface area contributed by atoms with Crippen LogP contribution in [0.1, 0.15) is 43.2 Å². The minimum absolute atomic E-state index is 0.810. The fourth-order valence-electron chi connectivity index (χ4n) is 4.66. The molecule has 3 aliphatic rings. The van der Waals surface area contributed by atoms with Crippen molar-refractivity contribution in [2.75, 3.05) is 13.1 Å². The van der Waals surface area contributed by atoms with Gasteiger partial charge in [0.2, 0.25) is 0 Å². The van der Waals surface area contributed by atoms with E-state index < -0.39 is 0 Å². The summed E-state index contributed by atoms with van der Waals surface area (Å²) in [5.74, 6) is 0. The second-order valence-electron chi connectivity index (χ2n) is 7.38. The molecule has 1 atom stereocenters. The molecule has 1 nitrogen and oxygen atoms in total. The Hall–Kier alpha value is -1.22. The molecule has 128 valence electrons. The number of piperidine rings is 2. The van der Waals surface area contributed by atoms with Crippen LogP contribution in [0.5, 0.6) is 0 Å². The van der Waals surface area contributed by atoms with Gasteiger partial charge in [0.25, 0.3) is 0 Å². The van der Waals surface area contributed by atoms with Crippen LogP contribution < -0.4 is 0 Å². The van der Waals surface area contributed by atoms with Crippen molar-refractivity contribution in [2.24, 2.45) is 0 Å². The van der Waals surface area contributed by atoms with Gasteiger partial charge in [-0.15, -0.1) is 0 Å². The zero-order valence-electron chi connectivity index (χ0n) is 14.3. The van der Waals surface area contributed by atoms with E-state index in [-0.39, 0.29) is 0 Å². The average molecular weight is 368 g/mol. The van der Waals surface area contributed by atoms with E-state index in [4.69, 9.17) is 11.6 Å². The molecule has 0 aliphatic carbocycles. The molecule has 1 unspecified atom stereocenters. The Bertz CT molecular complexity index is 857. The summed E-state index contributed by atoms with van der Waals surface area (Å²) >= 11 is 8.25. The van der Waals surface area contributed by atoms with Crippen LogP contribution in [0.4, 0.5) is 0 Å². The molecule has 2 aromatic carbocycles. The molecule has 0 N–H and O–H groups in total. The molecule has 0 aromatic heterocycles. The summed E-state index contributed by atoms with van der Waals surface area (Å²) in [5, 5.41) is 0.837. The Morgan fingerprint density at radius 2 is 1.84 bits per heavy atom. The van der Waals surface area contributed by atoms with Crippen molar-refractivity contribution >= 4 is 28.9 Å². The van der Waals surface area contributed by atoms with Gasteiger partial charge in [0.1, 0.15) is 0 Å². The molecule has 0 bridgehead atoms. The Morgan fingerprint density at radius 1 is 0.960 bits per heavy atom. The second-order valence-corrected chi connectivity index (χ2v) is 8.90. The van der Waals surface area contributed by atoms with Gasteiger partial charge in [-0.2, -0.15) is 0 Å².